The van der Waals surface area contributed by atoms with Crippen molar-refractivity contribution in [3.63, 3.8) is 0 Å². The molecule has 2 aromatic rings. The Labute approximate surface area is 94.0 Å². The zero-order valence-electron chi connectivity index (χ0n) is 7.91. The Morgan fingerprint density at radius 2 is 2.31 bits per heavy atom. The highest BCUT2D eigenvalue weighted by atomic mass is 35.5. The predicted octanol–water partition coefficient (Wildman–Crippen LogP) is 1.20. The Morgan fingerprint density at radius 3 is 2.88 bits per heavy atom. The van der Waals surface area contributed by atoms with Crippen LogP contribution in [-0.2, 0) is 0 Å². The summed E-state index contributed by atoms with van der Waals surface area (Å²) in [5, 5.41) is 3.42. The number of H-pyrrole nitrogens is 1. The second-order valence-corrected chi connectivity index (χ2v) is 3.54. The van der Waals surface area contributed by atoms with Gasteiger partial charge in [0.2, 0.25) is 0 Å². The van der Waals surface area contributed by atoms with Crippen LogP contribution in [0.3, 0.4) is 0 Å². The van der Waals surface area contributed by atoms with E-state index in [1.54, 1.807) is 6.07 Å². The van der Waals surface area contributed by atoms with Gasteiger partial charge in [0.15, 0.2) is 5.82 Å². The zero-order chi connectivity index (χ0) is 11.7. The van der Waals surface area contributed by atoms with Gasteiger partial charge in [-0.05, 0) is 17.7 Å². The number of nitrogens with zero attached hydrogens (tertiary/aromatic N) is 1. The fourth-order valence-electron chi connectivity index (χ4n) is 1.24. The van der Waals surface area contributed by atoms with Crippen molar-refractivity contribution in [2.24, 2.45) is 5.73 Å². The Kier molecular flexibility index (Phi) is 2.76. The summed E-state index contributed by atoms with van der Waals surface area (Å²) in [7, 11) is 0. The average Bonchev–Trinajstić information content (AvgIpc) is 2.68. The molecule has 0 aliphatic rings. The van der Waals surface area contributed by atoms with E-state index in [0.717, 1.165) is 0 Å². The van der Waals surface area contributed by atoms with Crippen molar-refractivity contribution in [3.05, 3.63) is 51.0 Å². The molecule has 0 aliphatic carbocycles. The van der Waals surface area contributed by atoms with Crippen molar-refractivity contribution in [3.8, 4) is 0 Å². The molecule has 16 heavy (non-hydrogen) atoms. The minimum atomic E-state index is -0.766. The highest BCUT2D eigenvalue weighted by molar-refractivity contribution is 6.30. The number of benzene rings is 1. The first-order chi connectivity index (χ1) is 7.58. The molecule has 1 aromatic heterocycles. The lowest BCUT2D eigenvalue weighted by atomic mass is 10.1. The third kappa shape index (κ3) is 1.98. The van der Waals surface area contributed by atoms with Gasteiger partial charge < -0.3 is 5.73 Å². The molecule has 2 rings (SSSR count). The van der Waals surface area contributed by atoms with Crippen molar-refractivity contribution < 1.29 is 8.91 Å². The Balaban J connectivity index is 2.37. The quantitative estimate of drug-likeness (QED) is 0.830. The molecule has 0 aliphatic heterocycles. The molecule has 1 unspecified atom stereocenters. The van der Waals surface area contributed by atoms with E-state index in [0.29, 0.717) is 5.56 Å². The Morgan fingerprint density at radius 1 is 1.56 bits per heavy atom. The van der Waals surface area contributed by atoms with Gasteiger partial charge in [0.1, 0.15) is 5.82 Å². The topological polar surface area (TPSA) is 84.9 Å². The van der Waals surface area contributed by atoms with Crippen LogP contribution in [0.4, 0.5) is 4.39 Å². The van der Waals surface area contributed by atoms with E-state index < -0.39 is 17.6 Å². The van der Waals surface area contributed by atoms with Crippen LogP contribution < -0.4 is 11.5 Å². The number of aromatic amines is 1. The van der Waals surface area contributed by atoms with E-state index in [9.17, 15) is 9.18 Å². The summed E-state index contributed by atoms with van der Waals surface area (Å²) >= 11 is 5.53. The first kappa shape index (κ1) is 10.8. The number of nitrogens with two attached hydrogens (primary N) is 1. The zero-order valence-corrected chi connectivity index (χ0v) is 8.66. The second kappa shape index (κ2) is 4.07. The lowest BCUT2D eigenvalue weighted by Gasteiger charge is -2.07. The predicted molar refractivity (Wildman–Crippen MR) is 54.6 cm³/mol. The summed E-state index contributed by atoms with van der Waals surface area (Å²) in [6.45, 7) is 0. The van der Waals surface area contributed by atoms with Crippen LogP contribution >= 0.6 is 11.6 Å². The molecule has 5 nitrogen and oxygen atoms in total. The minimum Gasteiger partial charge on any atom is -0.318 e. The highest BCUT2D eigenvalue weighted by Gasteiger charge is 2.15. The SMILES string of the molecule is NC(c1ccc(Cl)c(F)c1)c1noc(=O)[nH]1. The third-order valence-electron chi connectivity index (χ3n) is 2.05. The maximum absolute atomic E-state index is 13.2. The maximum atomic E-state index is 13.2. The summed E-state index contributed by atoms with van der Waals surface area (Å²) in [4.78, 5) is 13.0. The van der Waals surface area contributed by atoms with Gasteiger partial charge in [0.25, 0.3) is 0 Å². The van der Waals surface area contributed by atoms with Crippen LogP contribution in [0.15, 0.2) is 27.5 Å². The molecule has 0 saturated heterocycles. The van der Waals surface area contributed by atoms with Crippen molar-refractivity contribution >= 4 is 11.6 Å². The number of aromatic nitrogens is 2. The van der Waals surface area contributed by atoms with Crippen LogP contribution in [0.5, 0.6) is 0 Å². The van der Waals surface area contributed by atoms with Gasteiger partial charge in [0, 0.05) is 0 Å². The van der Waals surface area contributed by atoms with Gasteiger partial charge in [-0.1, -0.05) is 22.8 Å². The molecule has 7 heteroatoms. The highest BCUT2D eigenvalue weighted by Crippen LogP contribution is 2.21. The molecule has 3 N–H and O–H groups in total. The second-order valence-electron chi connectivity index (χ2n) is 3.13. The van der Waals surface area contributed by atoms with E-state index in [4.69, 9.17) is 17.3 Å². The fourth-order valence-corrected chi connectivity index (χ4v) is 1.36. The molecule has 0 amide bonds. The molecule has 1 heterocycles. The van der Waals surface area contributed by atoms with Crippen molar-refractivity contribution in [2.45, 2.75) is 6.04 Å². The van der Waals surface area contributed by atoms with Gasteiger partial charge in [-0.25, -0.2) is 9.18 Å². The van der Waals surface area contributed by atoms with E-state index in [1.807, 2.05) is 0 Å². The number of nitrogens with one attached hydrogen (secondary N) is 1. The van der Waals surface area contributed by atoms with E-state index >= 15 is 0 Å². The van der Waals surface area contributed by atoms with Crippen molar-refractivity contribution in [2.75, 3.05) is 0 Å². The first-order valence-electron chi connectivity index (χ1n) is 4.34. The minimum absolute atomic E-state index is 0.00426. The summed E-state index contributed by atoms with van der Waals surface area (Å²) in [6.07, 6.45) is 0. The van der Waals surface area contributed by atoms with Gasteiger partial charge in [-0.3, -0.25) is 9.51 Å². The monoisotopic (exact) mass is 243 g/mol. The van der Waals surface area contributed by atoms with Crippen molar-refractivity contribution in [1.29, 1.82) is 0 Å². The smallest absolute Gasteiger partial charge is 0.318 e. The van der Waals surface area contributed by atoms with E-state index in [-0.39, 0.29) is 10.8 Å². The number of hydrogen-bond acceptors (Lipinski definition) is 4. The molecule has 84 valence electrons. The average molecular weight is 244 g/mol. The molecule has 0 saturated carbocycles. The maximum Gasteiger partial charge on any atom is 0.438 e. The first-order valence-corrected chi connectivity index (χ1v) is 4.72. The van der Waals surface area contributed by atoms with Gasteiger partial charge in [-0.15, -0.1) is 0 Å². The fraction of sp³-hybridized carbons (Fsp3) is 0.111. The molecule has 0 bridgehead atoms. The summed E-state index contributed by atoms with van der Waals surface area (Å²) < 4.78 is 17.5. The number of hydrogen-bond donors (Lipinski definition) is 2. The molecule has 0 spiro atoms. The summed E-state index contributed by atoms with van der Waals surface area (Å²) in [5.41, 5.74) is 6.18. The Hall–Kier alpha value is -1.66. The van der Waals surface area contributed by atoms with Gasteiger partial charge >= 0.3 is 5.76 Å². The normalized spacial score (nSPS) is 12.7. The molecule has 1 atom stereocenters. The Bertz CT molecular complexity index is 566. The van der Waals surface area contributed by atoms with Gasteiger partial charge in [-0.2, -0.15) is 0 Å². The van der Waals surface area contributed by atoms with Crippen LogP contribution in [0.2, 0.25) is 5.02 Å². The van der Waals surface area contributed by atoms with Crippen LogP contribution in [-0.4, -0.2) is 10.1 Å². The van der Waals surface area contributed by atoms with Crippen LogP contribution in [0, 0.1) is 5.82 Å². The standard InChI is InChI=1S/C9H7ClFN3O2/c10-5-2-1-4(3-6(5)11)7(12)8-13-9(15)16-14-8/h1-3,7H,12H2,(H,13,14,15). The van der Waals surface area contributed by atoms with Crippen molar-refractivity contribution in [1.82, 2.24) is 10.1 Å². The molecule has 0 radical (unpaired) electrons. The lowest BCUT2D eigenvalue weighted by Crippen LogP contribution is -2.14. The number of halogens is 2. The summed E-state index contributed by atoms with van der Waals surface area (Å²) in [6, 6.07) is 3.34. The number of rotatable bonds is 2. The molecular formula is C9H7ClFN3O2. The third-order valence-corrected chi connectivity index (χ3v) is 2.36. The molecule has 1 aromatic carbocycles. The molecular weight excluding hydrogens is 237 g/mol. The summed E-state index contributed by atoms with van der Waals surface area (Å²) in [5.74, 6) is -1.16. The van der Waals surface area contributed by atoms with Crippen LogP contribution in [0.1, 0.15) is 17.4 Å². The van der Waals surface area contributed by atoms with E-state index in [1.165, 1.54) is 12.1 Å². The lowest BCUT2D eigenvalue weighted by molar-refractivity contribution is 0.379. The van der Waals surface area contributed by atoms with Gasteiger partial charge in [0.05, 0.1) is 11.1 Å². The van der Waals surface area contributed by atoms with Crippen LogP contribution in [0.25, 0.3) is 0 Å². The van der Waals surface area contributed by atoms with E-state index in [2.05, 4.69) is 14.7 Å². The molecule has 0 fully saturated rings. The largest absolute Gasteiger partial charge is 0.438 e.